The third-order valence-electron chi connectivity index (χ3n) is 10.0. The summed E-state index contributed by atoms with van der Waals surface area (Å²) in [5.74, 6) is 0.791. The number of hydrogen-bond donors (Lipinski definition) is 0. The Kier molecular flexibility index (Phi) is 8.26. The zero-order valence-corrected chi connectivity index (χ0v) is 28.9. The predicted octanol–water partition coefficient (Wildman–Crippen LogP) is 11.9. The highest BCUT2D eigenvalue weighted by atomic mass is 14.9. The van der Waals surface area contributed by atoms with Crippen molar-refractivity contribution in [2.45, 2.75) is 25.7 Å². The van der Waals surface area contributed by atoms with Crippen molar-refractivity contribution in [1.82, 2.24) is 15.0 Å². The van der Waals surface area contributed by atoms with Crippen molar-refractivity contribution < 1.29 is 0 Å². The first kappa shape index (κ1) is 31.5. The molecule has 0 amide bonds. The number of hydrogen-bond acceptors (Lipinski definition) is 4. The molecular formula is C48H36N4. The average molecular weight is 669 g/mol. The van der Waals surface area contributed by atoms with Gasteiger partial charge < -0.3 is 0 Å². The molecule has 52 heavy (non-hydrogen) atoms. The summed E-state index contributed by atoms with van der Waals surface area (Å²) < 4.78 is 0. The van der Waals surface area contributed by atoms with E-state index in [9.17, 15) is 0 Å². The monoisotopic (exact) mass is 668 g/mol. The van der Waals surface area contributed by atoms with Crippen LogP contribution in [0.15, 0.2) is 175 Å². The zero-order valence-electron chi connectivity index (χ0n) is 28.9. The minimum Gasteiger partial charge on any atom is -0.251 e. The molecule has 7 aromatic rings. The number of aromatic nitrogens is 3. The first-order valence-electron chi connectivity index (χ1n) is 17.9. The smallest absolute Gasteiger partial charge is 0.160 e. The van der Waals surface area contributed by atoms with E-state index in [1.807, 2.05) is 18.2 Å². The largest absolute Gasteiger partial charge is 0.251 e. The van der Waals surface area contributed by atoms with E-state index >= 15 is 0 Å². The van der Waals surface area contributed by atoms with E-state index < -0.39 is 0 Å². The van der Waals surface area contributed by atoms with Crippen molar-refractivity contribution in [2.75, 3.05) is 0 Å². The van der Waals surface area contributed by atoms with Crippen LogP contribution in [0.3, 0.4) is 0 Å². The van der Waals surface area contributed by atoms with Crippen LogP contribution in [0.5, 0.6) is 0 Å². The molecule has 1 unspecified atom stereocenters. The molecule has 2 aromatic heterocycles. The Morgan fingerprint density at radius 1 is 0.577 bits per heavy atom. The van der Waals surface area contributed by atoms with Crippen LogP contribution in [-0.2, 0) is 0 Å². The molecular weight excluding hydrogens is 633 g/mol. The van der Waals surface area contributed by atoms with Gasteiger partial charge >= 0.3 is 0 Å². The van der Waals surface area contributed by atoms with Gasteiger partial charge in [0.15, 0.2) is 5.82 Å². The molecule has 0 bridgehead atoms. The number of fused-ring (bicyclic) bond motifs is 3. The van der Waals surface area contributed by atoms with Gasteiger partial charge in [-0.3, -0.25) is 9.98 Å². The number of pyridine rings is 1. The highest BCUT2D eigenvalue weighted by Crippen LogP contribution is 2.45. The van der Waals surface area contributed by atoms with Gasteiger partial charge in [0.2, 0.25) is 0 Å². The van der Waals surface area contributed by atoms with E-state index in [0.717, 1.165) is 74.5 Å². The summed E-state index contributed by atoms with van der Waals surface area (Å²) in [6.07, 6.45) is 12.1. The quantitative estimate of drug-likeness (QED) is 0.177. The minimum atomic E-state index is 0.0847. The highest BCUT2D eigenvalue weighted by Gasteiger charge is 2.29. The molecule has 4 nitrogen and oxygen atoms in total. The van der Waals surface area contributed by atoms with E-state index in [1.54, 1.807) is 0 Å². The van der Waals surface area contributed by atoms with Crippen LogP contribution in [0.2, 0.25) is 0 Å². The summed E-state index contributed by atoms with van der Waals surface area (Å²) >= 11 is 0. The van der Waals surface area contributed by atoms with Gasteiger partial charge in [0.1, 0.15) is 0 Å². The summed E-state index contributed by atoms with van der Waals surface area (Å²) in [6, 6.07) is 49.2. The molecule has 0 radical (unpaired) electrons. The molecule has 1 atom stereocenters. The first-order valence-corrected chi connectivity index (χ1v) is 17.9. The van der Waals surface area contributed by atoms with Crippen LogP contribution < -0.4 is 0 Å². The molecule has 9 rings (SSSR count). The van der Waals surface area contributed by atoms with E-state index in [0.29, 0.717) is 5.82 Å². The van der Waals surface area contributed by atoms with Gasteiger partial charge in [-0.1, -0.05) is 158 Å². The Balaban J connectivity index is 1.23. The van der Waals surface area contributed by atoms with Gasteiger partial charge in [-0.05, 0) is 53.3 Å². The summed E-state index contributed by atoms with van der Waals surface area (Å²) in [7, 11) is 0. The lowest BCUT2D eigenvalue weighted by atomic mass is 9.80. The van der Waals surface area contributed by atoms with Crippen molar-refractivity contribution in [2.24, 2.45) is 4.99 Å². The number of aryl methyl sites for hydroxylation is 1. The Labute approximate surface area is 304 Å². The van der Waals surface area contributed by atoms with Gasteiger partial charge in [0, 0.05) is 45.8 Å². The van der Waals surface area contributed by atoms with E-state index in [-0.39, 0.29) is 5.92 Å². The number of allylic oxidation sites excluding steroid dienone is 6. The molecule has 1 aliphatic carbocycles. The lowest BCUT2D eigenvalue weighted by molar-refractivity contribution is 0.842. The van der Waals surface area contributed by atoms with Crippen LogP contribution in [0, 0.1) is 6.92 Å². The number of benzene rings is 5. The molecule has 3 heterocycles. The number of nitrogens with zero attached hydrogens (tertiary/aromatic N) is 4. The fourth-order valence-corrected chi connectivity index (χ4v) is 7.39. The maximum absolute atomic E-state index is 5.51. The Hall–Kier alpha value is -6.52. The second-order valence-corrected chi connectivity index (χ2v) is 13.4. The first-order chi connectivity index (χ1) is 25.7. The Morgan fingerprint density at radius 2 is 1.31 bits per heavy atom. The van der Waals surface area contributed by atoms with Crippen molar-refractivity contribution in [1.29, 1.82) is 0 Å². The Bertz CT molecular complexity index is 2580. The third-order valence-corrected chi connectivity index (χ3v) is 10.0. The van der Waals surface area contributed by atoms with E-state index in [1.165, 1.54) is 22.3 Å². The second kappa shape index (κ2) is 13.7. The Morgan fingerprint density at radius 3 is 2.15 bits per heavy atom. The van der Waals surface area contributed by atoms with Crippen molar-refractivity contribution >= 4 is 27.9 Å². The molecule has 0 N–H and O–H groups in total. The van der Waals surface area contributed by atoms with Gasteiger partial charge in [-0.2, -0.15) is 0 Å². The molecule has 0 fully saturated rings. The van der Waals surface area contributed by atoms with Crippen molar-refractivity contribution in [3.8, 4) is 33.8 Å². The third kappa shape index (κ3) is 6.09. The fraction of sp³-hybridized carbons (Fsp3) is 0.0833. The average Bonchev–Trinajstić information content (AvgIpc) is 3.51. The standard InChI is InChI=1S/C48H36N4/c1-32-25-26-35-27-28-41-42(38-22-14-21-37(29-38)33-15-8-4-9-16-33)30-44(50-47(41)46(35)49-32)39-23-12-13-24-40(39)45-31-43(34-17-6-2-3-7-18-34)51-48(52-45)36-19-10-5-11-20-36/h2-17,19-29,31,42H,18,30H2,1H3. The molecule has 248 valence electrons. The maximum Gasteiger partial charge on any atom is 0.160 e. The zero-order chi connectivity index (χ0) is 34.9. The van der Waals surface area contributed by atoms with E-state index in [2.05, 4.69) is 159 Å². The molecule has 5 aromatic carbocycles. The van der Waals surface area contributed by atoms with Crippen LogP contribution >= 0.6 is 0 Å². The maximum atomic E-state index is 5.51. The minimum absolute atomic E-state index is 0.0847. The van der Waals surface area contributed by atoms with Gasteiger partial charge in [-0.15, -0.1) is 0 Å². The van der Waals surface area contributed by atoms with E-state index in [4.69, 9.17) is 19.9 Å². The normalized spacial score (nSPS) is 15.1. The van der Waals surface area contributed by atoms with Crippen LogP contribution in [-0.4, -0.2) is 20.7 Å². The molecule has 4 heteroatoms. The summed E-state index contributed by atoms with van der Waals surface area (Å²) in [5, 5.41) is 1.09. The van der Waals surface area contributed by atoms with Gasteiger partial charge in [0.05, 0.1) is 22.6 Å². The topological polar surface area (TPSA) is 51.0 Å². The molecule has 1 aliphatic heterocycles. The molecule has 2 aliphatic rings. The van der Waals surface area contributed by atoms with Gasteiger partial charge in [0.25, 0.3) is 0 Å². The fourth-order valence-electron chi connectivity index (χ4n) is 7.39. The predicted molar refractivity (Wildman–Crippen MR) is 215 cm³/mol. The van der Waals surface area contributed by atoms with Crippen molar-refractivity contribution in [3.63, 3.8) is 0 Å². The highest BCUT2D eigenvalue weighted by molar-refractivity contribution is 6.10. The van der Waals surface area contributed by atoms with Crippen molar-refractivity contribution in [3.05, 3.63) is 198 Å². The summed E-state index contributed by atoms with van der Waals surface area (Å²) in [6.45, 7) is 2.05. The molecule has 0 saturated heterocycles. The van der Waals surface area contributed by atoms with Crippen LogP contribution in [0.4, 0.5) is 5.69 Å². The summed E-state index contributed by atoms with van der Waals surface area (Å²) in [5.41, 5.74) is 14.8. The molecule has 0 spiro atoms. The molecule has 0 saturated carbocycles. The second-order valence-electron chi connectivity index (χ2n) is 13.4. The summed E-state index contributed by atoms with van der Waals surface area (Å²) in [4.78, 5) is 20.9. The van der Waals surface area contributed by atoms with Crippen LogP contribution in [0.1, 0.15) is 46.8 Å². The lowest BCUT2D eigenvalue weighted by Crippen LogP contribution is -2.16. The van der Waals surface area contributed by atoms with Gasteiger partial charge in [-0.25, -0.2) is 9.97 Å². The number of aliphatic imine (C=N–C) groups is 1. The number of rotatable bonds is 6. The lowest BCUT2D eigenvalue weighted by Gasteiger charge is -2.27. The van der Waals surface area contributed by atoms with Crippen LogP contribution in [0.25, 0.3) is 50.2 Å². The SMILES string of the molecule is Cc1ccc2ccc3c(c2n1)N=C(c1ccccc1-c1cc(C2=CC=CC=CC2)nc(-c2ccccc2)n1)CC3c1cccc(-c2ccccc2)c1.